The summed E-state index contributed by atoms with van der Waals surface area (Å²) < 4.78 is 61.3. The number of hydrazine groups is 1. The Hall–Kier alpha value is -4.21. The predicted octanol–water partition coefficient (Wildman–Crippen LogP) is 5.76. The van der Waals surface area contributed by atoms with Gasteiger partial charge in [0.2, 0.25) is 0 Å². The predicted molar refractivity (Wildman–Crippen MR) is 126 cm³/mol. The molecule has 0 spiro atoms. The fourth-order valence-electron chi connectivity index (χ4n) is 4.23. The van der Waals surface area contributed by atoms with Crippen LogP contribution in [0, 0.1) is 0 Å². The fourth-order valence-corrected chi connectivity index (χ4v) is 4.23. The molecule has 1 N–H and O–H groups in total. The van der Waals surface area contributed by atoms with Gasteiger partial charge in [0.25, 0.3) is 0 Å². The van der Waals surface area contributed by atoms with Crippen LogP contribution in [0.15, 0.2) is 72.8 Å². The van der Waals surface area contributed by atoms with Gasteiger partial charge >= 0.3 is 18.8 Å². The molecule has 10 heteroatoms. The number of alkyl halides is 4. The second kappa shape index (κ2) is 9.10. The monoisotopic (exact) mass is 499 g/mol. The van der Waals surface area contributed by atoms with E-state index in [-0.39, 0.29) is 18.0 Å². The van der Waals surface area contributed by atoms with Gasteiger partial charge in [0.05, 0.1) is 18.7 Å². The molecule has 3 aromatic carbocycles. The van der Waals surface area contributed by atoms with Crippen LogP contribution in [0.25, 0.3) is 11.3 Å². The third-order valence-corrected chi connectivity index (χ3v) is 5.96. The van der Waals surface area contributed by atoms with Gasteiger partial charge in [-0.3, -0.25) is 10.3 Å². The van der Waals surface area contributed by atoms with E-state index >= 15 is 0 Å². The number of fused-ring (bicyclic) bond motifs is 1. The van der Waals surface area contributed by atoms with E-state index in [2.05, 4.69) is 14.9 Å². The van der Waals surface area contributed by atoms with Crippen molar-refractivity contribution in [1.29, 1.82) is 0 Å². The zero-order chi connectivity index (χ0) is 25.4. The maximum atomic E-state index is 13.6. The zero-order valence-electron chi connectivity index (χ0n) is 19.1. The molecule has 0 saturated heterocycles. The Labute approximate surface area is 204 Å². The number of benzene rings is 3. The summed E-state index contributed by atoms with van der Waals surface area (Å²) in [6.45, 7) is -2.72. The van der Waals surface area contributed by atoms with Gasteiger partial charge in [-0.05, 0) is 48.0 Å². The lowest BCUT2D eigenvalue weighted by Gasteiger charge is -2.26. The lowest BCUT2D eigenvalue weighted by Crippen LogP contribution is -2.45. The molecule has 36 heavy (non-hydrogen) atoms. The highest BCUT2D eigenvalue weighted by atomic mass is 19.3. The van der Waals surface area contributed by atoms with Crippen LogP contribution in [0.5, 0.6) is 11.5 Å². The molecule has 0 fully saturated rings. The molecule has 0 radical (unpaired) electrons. The van der Waals surface area contributed by atoms with Crippen molar-refractivity contribution in [2.45, 2.75) is 19.1 Å². The Bertz CT molecular complexity index is 1310. The number of nitrogens with zero attached hydrogens (tertiary/aromatic N) is 2. The molecule has 0 unspecified atom stereocenters. The minimum absolute atomic E-state index is 0.0208. The number of rotatable bonds is 5. The molecule has 2 aliphatic rings. The van der Waals surface area contributed by atoms with Crippen molar-refractivity contribution in [1.82, 2.24) is 10.4 Å². The molecule has 0 bridgehead atoms. The van der Waals surface area contributed by atoms with E-state index in [1.54, 1.807) is 25.2 Å². The summed E-state index contributed by atoms with van der Waals surface area (Å²) in [6.07, 6.45) is -3.82. The first-order valence-electron chi connectivity index (χ1n) is 11.1. The average Bonchev–Trinajstić information content (AvgIpc) is 3.43. The van der Waals surface area contributed by atoms with Crippen LogP contribution < -0.4 is 19.8 Å². The Balaban J connectivity index is 1.40. The molecule has 0 saturated carbocycles. The van der Waals surface area contributed by atoms with Gasteiger partial charge < -0.3 is 9.47 Å². The number of halogens is 4. The summed E-state index contributed by atoms with van der Waals surface area (Å²) in [5.41, 5.74) is 6.88. The van der Waals surface area contributed by atoms with E-state index in [1.807, 2.05) is 30.3 Å². The topological polar surface area (TPSA) is 54.0 Å². The van der Waals surface area contributed by atoms with Crippen LogP contribution in [0.4, 0.5) is 28.0 Å². The molecule has 6 nitrogen and oxygen atoms in total. The summed E-state index contributed by atoms with van der Waals surface area (Å²) in [5.74, 6) is 0.117. The van der Waals surface area contributed by atoms with Crippen molar-refractivity contribution in [3.8, 4) is 11.5 Å². The molecule has 5 rings (SSSR count). The van der Waals surface area contributed by atoms with E-state index in [0.29, 0.717) is 22.5 Å². The fraction of sp³-hybridized carbons (Fsp3) is 0.192. The molecule has 186 valence electrons. The van der Waals surface area contributed by atoms with Crippen molar-refractivity contribution in [2.75, 3.05) is 18.5 Å². The highest BCUT2D eigenvalue weighted by molar-refractivity contribution is 5.99. The summed E-state index contributed by atoms with van der Waals surface area (Å²) in [4.78, 5) is 14.7. The highest BCUT2D eigenvalue weighted by Crippen LogP contribution is 2.39. The van der Waals surface area contributed by atoms with E-state index in [4.69, 9.17) is 0 Å². The standard InChI is InChI=1S/C26H21F4N3O3/c1-32(19-9-12-22-18(13-19)14-26(29,30)36-22)25(34)33-15-21(16-5-3-2-4-6-16)23(31-33)17-7-10-20(11-8-17)35-24(27)28/h2-13,24,31H,14-15H2,1H3. The van der Waals surface area contributed by atoms with E-state index in [1.165, 1.54) is 34.2 Å². The normalized spacial score (nSPS) is 16.0. The molecular formula is C26H21F4N3O3. The molecule has 3 aromatic rings. The minimum atomic E-state index is -3.26. The van der Waals surface area contributed by atoms with Crippen LogP contribution in [0.1, 0.15) is 16.7 Å². The Morgan fingerprint density at radius 2 is 1.78 bits per heavy atom. The third-order valence-electron chi connectivity index (χ3n) is 5.96. The second-order valence-electron chi connectivity index (χ2n) is 8.37. The maximum absolute atomic E-state index is 13.6. The number of anilines is 1. The van der Waals surface area contributed by atoms with Gasteiger partial charge in [0, 0.05) is 29.4 Å². The maximum Gasteiger partial charge on any atom is 0.402 e. The lowest BCUT2D eigenvalue weighted by molar-refractivity contribution is -0.159. The summed E-state index contributed by atoms with van der Waals surface area (Å²) >= 11 is 0. The molecule has 2 aliphatic heterocycles. The smallest absolute Gasteiger partial charge is 0.402 e. The molecule has 2 amide bonds. The number of hydrogen-bond donors (Lipinski definition) is 1. The highest BCUT2D eigenvalue weighted by Gasteiger charge is 2.40. The zero-order valence-corrected chi connectivity index (χ0v) is 19.1. The Morgan fingerprint density at radius 3 is 2.47 bits per heavy atom. The molecule has 0 aromatic heterocycles. The summed E-state index contributed by atoms with van der Waals surface area (Å²) in [6, 6.07) is 19.6. The van der Waals surface area contributed by atoms with Crippen LogP contribution in [0.3, 0.4) is 0 Å². The van der Waals surface area contributed by atoms with Gasteiger partial charge in [-0.25, -0.2) is 9.80 Å². The van der Waals surface area contributed by atoms with Gasteiger partial charge in [-0.2, -0.15) is 17.6 Å². The van der Waals surface area contributed by atoms with Crippen molar-refractivity contribution in [3.63, 3.8) is 0 Å². The first-order chi connectivity index (χ1) is 17.2. The molecular weight excluding hydrogens is 478 g/mol. The van der Waals surface area contributed by atoms with Gasteiger partial charge in [-0.15, -0.1) is 0 Å². The number of hydrogen-bond acceptors (Lipinski definition) is 4. The van der Waals surface area contributed by atoms with Crippen molar-refractivity contribution < 1.29 is 31.8 Å². The number of ether oxygens (including phenoxy) is 2. The number of urea groups is 1. The molecule has 0 aliphatic carbocycles. The Morgan fingerprint density at radius 1 is 1.06 bits per heavy atom. The molecule has 2 heterocycles. The lowest BCUT2D eigenvalue weighted by atomic mass is 10.0. The SMILES string of the molecule is CN(C(=O)N1CC(c2ccccc2)=C(c2ccc(OC(F)F)cc2)N1)c1ccc2c(c1)CC(F)(F)O2. The number of carbonyl (C=O) groups is 1. The van der Waals surface area contributed by atoms with Crippen molar-refractivity contribution in [3.05, 3.63) is 89.5 Å². The number of carbonyl (C=O) groups excluding carboxylic acids is 1. The van der Waals surface area contributed by atoms with Crippen LogP contribution in [-0.4, -0.2) is 37.4 Å². The first kappa shape index (κ1) is 23.5. The van der Waals surface area contributed by atoms with E-state index in [9.17, 15) is 22.4 Å². The minimum Gasteiger partial charge on any atom is -0.435 e. The number of nitrogens with one attached hydrogen (secondary N) is 1. The third kappa shape index (κ3) is 4.66. The first-order valence-corrected chi connectivity index (χ1v) is 11.1. The van der Waals surface area contributed by atoms with Gasteiger partial charge in [0.15, 0.2) is 0 Å². The van der Waals surface area contributed by atoms with Crippen LogP contribution >= 0.6 is 0 Å². The van der Waals surface area contributed by atoms with Crippen LogP contribution in [-0.2, 0) is 6.42 Å². The Kier molecular flexibility index (Phi) is 5.95. The van der Waals surface area contributed by atoms with E-state index < -0.39 is 25.2 Å². The van der Waals surface area contributed by atoms with Crippen molar-refractivity contribution >= 4 is 23.0 Å². The summed E-state index contributed by atoms with van der Waals surface area (Å²) in [5, 5.41) is 1.40. The van der Waals surface area contributed by atoms with Gasteiger partial charge in [-0.1, -0.05) is 30.3 Å². The largest absolute Gasteiger partial charge is 0.435 e. The van der Waals surface area contributed by atoms with Crippen molar-refractivity contribution in [2.24, 2.45) is 0 Å². The summed E-state index contributed by atoms with van der Waals surface area (Å²) in [7, 11) is 1.55. The quantitative estimate of drug-likeness (QED) is 0.454. The second-order valence-corrected chi connectivity index (χ2v) is 8.37. The van der Waals surface area contributed by atoms with E-state index in [0.717, 1.165) is 11.1 Å². The van der Waals surface area contributed by atoms with Crippen LogP contribution in [0.2, 0.25) is 0 Å². The van der Waals surface area contributed by atoms with Gasteiger partial charge in [0.1, 0.15) is 11.5 Å². The number of amides is 2. The molecule has 0 atom stereocenters. The average molecular weight is 499 g/mol.